The number of hydrogen-bond acceptors (Lipinski definition) is 5. The molecule has 1 saturated carbocycles. The van der Waals surface area contributed by atoms with Crippen LogP contribution in [0.25, 0.3) is 11.3 Å². The van der Waals surface area contributed by atoms with Crippen molar-refractivity contribution in [1.29, 1.82) is 0 Å². The first-order valence-electron chi connectivity index (χ1n) is 9.11. The average molecular weight is 386 g/mol. The molecule has 1 aliphatic rings. The van der Waals surface area contributed by atoms with Gasteiger partial charge in [-0.05, 0) is 43.5 Å². The zero-order valence-electron chi connectivity index (χ0n) is 15.8. The van der Waals surface area contributed by atoms with Crippen molar-refractivity contribution >= 4 is 11.8 Å². The summed E-state index contributed by atoms with van der Waals surface area (Å²) in [6, 6.07) is 5.79. The van der Waals surface area contributed by atoms with Crippen LogP contribution in [0.5, 0.6) is 5.75 Å². The second kappa shape index (κ2) is 8.33. The predicted molar refractivity (Wildman–Crippen MR) is 101 cm³/mol. The Bertz CT molecular complexity index is 890. The maximum Gasteiger partial charge on any atom is 0.220 e. The standard InChI is InChI=1S/C20H23FN4O3/c1-11(26)25-16-5-3-12(20(22)27)7-14(16)17-9-18(24-10-23-17)15-8-13(21)4-6-19(15)28-2/h4,6,8-10,12,14,16H,3,5,7H2,1-2H3,(H2,22,27)(H,25,26). The summed E-state index contributed by atoms with van der Waals surface area (Å²) >= 11 is 0. The summed E-state index contributed by atoms with van der Waals surface area (Å²) in [6.45, 7) is 1.46. The molecular formula is C20H23FN4O3. The van der Waals surface area contributed by atoms with Crippen LogP contribution in [-0.4, -0.2) is 34.9 Å². The molecule has 2 aromatic rings. The molecule has 28 heavy (non-hydrogen) atoms. The van der Waals surface area contributed by atoms with Crippen molar-refractivity contribution in [2.45, 2.75) is 38.1 Å². The van der Waals surface area contributed by atoms with Gasteiger partial charge in [-0.1, -0.05) is 0 Å². The molecule has 1 aliphatic carbocycles. The van der Waals surface area contributed by atoms with E-state index in [-0.39, 0.29) is 29.7 Å². The van der Waals surface area contributed by atoms with Crippen LogP contribution in [-0.2, 0) is 9.59 Å². The lowest BCUT2D eigenvalue weighted by atomic mass is 9.75. The van der Waals surface area contributed by atoms with Crippen molar-refractivity contribution in [2.75, 3.05) is 7.11 Å². The number of nitrogens with one attached hydrogen (secondary N) is 1. The third-order valence-electron chi connectivity index (χ3n) is 5.15. The number of nitrogens with zero attached hydrogens (tertiary/aromatic N) is 2. The number of amides is 2. The number of halogens is 1. The van der Waals surface area contributed by atoms with E-state index < -0.39 is 5.82 Å². The number of nitrogens with two attached hydrogens (primary N) is 1. The Morgan fingerprint density at radius 1 is 1.25 bits per heavy atom. The van der Waals surface area contributed by atoms with Crippen LogP contribution < -0.4 is 15.8 Å². The van der Waals surface area contributed by atoms with Gasteiger partial charge in [-0.25, -0.2) is 14.4 Å². The van der Waals surface area contributed by atoms with Crippen molar-refractivity contribution in [1.82, 2.24) is 15.3 Å². The van der Waals surface area contributed by atoms with Crippen molar-refractivity contribution in [3.63, 3.8) is 0 Å². The molecule has 0 radical (unpaired) electrons. The fourth-order valence-corrected chi connectivity index (χ4v) is 3.79. The zero-order chi connectivity index (χ0) is 20.3. The van der Waals surface area contributed by atoms with E-state index >= 15 is 0 Å². The maximum atomic E-state index is 13.8. The normalized spacial score (nSPS) is 21.8. The summed E-state index contributed by atoms with van der Waals surface area (Å²) in [4.78, 5) is 32.0. The van der Waals surface area contributed by atoms with Gasteiger partial charge in [-0.15, -0.1) is 0 Å². The second-order valence-electron chi connectivity index (χ2n) is 7.00. The Morgan fingerprint density at radius 3 is 2.71 bits per heavy atom. The van der Waals surface area contributed by atoms with Gasteiger partial charge in [0.05, 0.1) is 12.8 Å². The quantitative estimate of drug-likeness (QED) is 0.819. The van der Waals surface area contributed by atoms with Crippen LogP contribution in [0, 0.1) is 11.7 Å². The molecule has 3 atom stereocenters. The summed E-state index contributed by atoms with van der Waals surface area (Å²) in [7, 11) is 1.50. The van der Waals surface area contributed by atoms with Crippen molar-refractivity contribution in [3.8, 4) is 17.0 Å². The highest BCUT2D eigenvalue weighted by Crippen LogP contribution is 2.37. The van der Waals surface area contributed by atoms with E-state index in [2.05, 4.69) is 15.3 Å². The zero-order valence-corrected chi connectivity index (χ0v) is 15.8. The number of rotatable bonds is 5. The Hall–Kier alpha value is -3.03. The van der Waals surface area contributed by atoms with Gasteiger partial charge < -0.3 is 15.8 Å². The van der Waals surface area contributed by atoms with E-state index in [1.165, 1.54) is 38.6 Å². The second-order valence-corrected chi connectivity index (χ2v) is 7.00. The molecule has 2 amide bonds. The molecule has 1 fully saturated rings. The minimum absolute atomic E-state index is 0.145. The van der Waals surface area contributed by atoms with Crippen molar-refractivity contribution in [3.05, 3.63) is 42.1 Å². The lowest BCUT2D eigenvalue weighted by Crippen LogP contribution is -2.44. The topological polar surface area (TPSA) is 107 Å². The van der Waals surface area contributed by atoms with E-state index in [1.54, 1.807) is 6.07 Å². The third-order valence-corrected chi connectivity index (χ3v) is 5.15. The lowest BCUT2D eigenvalue weighted by Gasteiger charge is -2.35. The van der Waals surface area contributed by atoms with E-state index in [0.717, 1.165) is 0 Å². The summed E-state index contributed by atoms with van der Waals surface area (Å²) in [5.74, 6) is -0.892. The first-order valence-corrected chi connectivity index (χ1v) is 9.11. The fraction of sp³-hybridized carbons (Fsp3) is 0.400. The fourth-order valence-electron chi connectivity index (χ4n) is 3.79. The molecule has 0 spiro atoms. The number of benzene rings is 1. The highest BCUT2D eigenvalue weighted by atomic mass is 19.1. The number of aromatic nitrogens is 2. The Kier molecular flexibility index (Phi) is 5.87. The predicted octanol–water partition coefficient (Wildman–Crippen LogP) is 2.17. The highest BCUT2D eigenvalue weighted by Gasteiger charge is 2.35. The molecule has 148 valence electrons. The number of carbonyl (C=O) groups excluding carboxylic acids is 2. The third kappa shape index (κ3) is 4.27. The Morgan fingerprint density at radius 2 is 2.04 bits per heavy atom. The van der Waals surface area contributed by atoms with E-state index in [1.807, 2.05) is 0 Å². The molecule has 1 aromatic heterocycles. The molecule has 3 rings (SSSR count). The first kappa shape index (κ1) is 19.7. The Balaban J connectivity index is 1.99. The maximum absolute atomic E-state index is 13.8. The molecule has 8 heteroatoms. The number of carbonyl (C=O) groups is 2. The number of ether oxygens (including phenoxy) is 1. The number of hydrogen-bond donors (Lipinski definition) is 2. The van der Waals surface area contributed by atoms with Crippen LogP contribution >= 0.6 is 0 Å². The largest absolute Gasteiger partial charge is 0.496 e. The van der Waals surface area contributed by atoms with Gasteiger partial charge in [0, 0.05) is 36.1 Å². The SMILES string of the molecule is COc1ccc(F)cc1-c1cc(C2CC(C(N)=O)CCC2NC(C)=O)ncn1. The van der Waals surface area contributed by atoms with Crippen LogP contribution in [0.2, 0.25) is 0 Å². The molecule has 0 aliphatic heterocycles. The monoisotopic (exact) mass is 386 g/mol. The minimum atomic E-state index is -0.404. The number of methoxy groups -OCH3 is 1. The van der Waals surface area contributed by atoms with Crippen molar-refractivity contribution in [2.24, 2.45) is 11.7 Å². The lowest BCUT2D eigenvalue weighted by molar-refractivity contribution is -0.123. The van der Waals surface area contributed by atoms with Gasteiger partial charge >= 0.3 is 0 Å². The average Bonchev–Trinajstić information content (AvgIpc) is 2.67. The molecule has 7 nitrogen and oxygen atoms in total. The molecule has 1 heterocycles. The van der Waals surface area contributed by atoms with Crippen LogP contribution in [0.15, 0.2) is 30.6 Å². The van der Waals surface area contributed by atoms with Gasteiger partial charge in [-0.2, -0.15) is 0 Å². The van der Waals surface area contributed by atoms with E-state index in [4.69, 9.17) is 10.5 Å². The van der Waals surface area contributed by atoms with E-state index in [9.17, 15) is 14.0 Å². The van der Waals surface area contributed by atoms with Crippen LogP contribution in [0.1, 0.15) is 37.8 Å². The highest BCUT2D eigenvalue weighted by molar-refractivity contribution is 5.77. The molecular weight excluding hydrogens is 363 g/mol. The molecule has 0 saturated heterocycles. The molecule has 3 N–H and O–H groups in total. The molecule has 1 aromatic carbocycles. The van der Waals surface area contributed by atoms with Gasteiger partial charge in [0.15, 0.2) is 0 Å². The van der Waals surface area contributed by atoms with Crippen LogP contribution in [0.3, 0.4) is 0 Å². The first-order chi connectivity index (χ1) is 13.4. The molecule has 0 bridgehead atoms. The van der Waals surface area contributed by atoms with Gasteiger partial charge in [0.25, 0.3) is 0 Å². The summed E-state index contributed by atoms with van der Waals surface area (Å²) in [5.41, 5.74) is 7.19. The summed E-state index contributed by atoms with van der Waals surface area (Å²) in [5, 5.41) is 2.94. The van der Waals surface area contributed by atoms with Crippen molar-refractivity contribution < 1.29 is 18.7 Å². The van der Waals surface area contributed by atoms with Crippen LogP contribution in [0.4, 0.5) is 4.39 Å². The van der Waals surface area contributed by atoms with Gasteiger partial charge in [-0.3, -0.25) is 9.59 Å². The van der Waals surface area contributed by atoms with Gasteiger partial charge in [0.1, 0.15) is 17.9 Å². The smallest absolute Gasteiger partial charge is 0.220 e. The van der Waals surface area contributed by atoms with Gasteiger partial charge in [0.2, 0.25) is 11.8 Å². The minimum Gasteiger partial charge on any atom is -0.496 e. The Labute approximate surface area is 162 Å². The molecule has 3 unspecified atom stereocenters. The van der Waals surface area contributed by atoms with E-state index in [0.29, 0.717) is 42.0 Å². The number of primary amides is 1. The summed E-state index contributed by atoms with van der Waals surface area (Å²) < 4.78 is 19.1. The summed E-state index contributed by atoms with van der Waals surface area (Å²) in [6.07, 6.45) is 3.12.